The number of unbranched alkanes of at least 4 members (excludes halogenated alkanes) is 5. The van der Waals surface area contributed by atoms with Crippen molar-refractivity contribution in [2.45, 2.75) is 64.5 Å². The summed E-state index contributed by atoms with van der Waals surface area (Å²) in [6.07, 6.45) is 5.76. The van der Waals surface area contributed by atoms with Crippen LogP contribution in [-0.2, 0) is 4.79 Å². The van der Waals surface area contributed by atoms with Crippen molar-refractivity contribution in [3.05, 3.63) is 36.1 Å². The zero-order chi connectivity index (χ0) is 19.6. The Hall–Kier alpha value is -2.34. The Morgan fingerprint density at radius 3 is 2.52 bits per heavy atom. The quantitative estimate of drug-likeness (QED) is 0.526. The molecule has 1 aromatic carbocycles. The van der Waals surface area contributed by atoms with E-state index in [2.05, 4.69) is 17.6 Å². The van der Waals surface area contributed by atoms with Gasteiger partial charge in [-0.1, -0.05) is 57.2 Å². The van der Waals surface area contributed by atoms with E-state index in [9.17, 15) is 14.7 Å². The van der Waals surface area contributed by atoms with E-state index in [4.69, 9.17) is 4.42 Å². The summed E-state index contributed by atoms with van der Waals surface area (Å²) in [6, 6.07) is 7.89. The molecule has 6 nitrogen and oxygen atoms in total. The maximum atomic E-state index is 12.4. The lowest BCUT2D eigenvalue weighted by Gasteiger charge is -2.20. The van der Waals surface area contributed by atoms with E-state index in [0.29, 0.717) is 12.1 Å². The number of rotatable bonds is 11. The molecule has 0 fully saturated rings. The molecule has 27 heavy (non-hydrogen) atoms. The molecule has 2 amide bonds. The summed E-state index contributed by atoms with van der Waals surface area (Å²) in [4.78, 5) is 24.8. The number of hydrogen-bond donors (Lipinski definition) is 3. The number of carbonyl (C=O) groups is 2. The van der Waals surface area contributed by atoms with E-state index >= 15 is 0 Å². The van der Waals surface area contributed by atoms with Gasteiger partial charge < -0.3 is 20.2 Å². The fourth-order valence-corrected chi connectivity index (χ4v) is 2.94. The van der Waals surface area contributed by atoms with Crippen LogP contribution in [0.3, 0.4) is 0 Å². The molecule has 2 aromatic rings. The van der Waals surface area contributed by atoms with Crippen LogP contribution in [0.1, 0.15) is 62.9 Å². The molecule has 2 rings (SSSR count). The molecule has 0 aliphatic heterocycles. The molecule has 0 aliphatic carbocycles. The van der Waals surface area contributed by atoms with Crippen LogP contribution in [0.5, 0.6) is 0 Å². The molecule has 6 heteroatoms. The van der Waals surface area contributed by atoms with Crippen LogP contribution in [0.25, 0.3) is 11.0 Å². The number of para-hydroxylation sites is 1. The molecule has 0 bridgehead atoms. The minimum atomic E-state index is -1.02. The maximum absolute atomic E-state index is 12.4. The number of amides is 2. The van der Waals surface area contributed by atoms with Crippen molar-refractivity contribution in [2.24, 2.45) is 0 Å². The van der Waals surface area contributed by atoms with Gasteiger partial charge >= 0.3 is 0 Å². The van der Waals surface area contributed by atoms with Crippen molar-refractivity contribution >= 4 is 22.8 Å². The zero-order valence-electron chi connectivity index (χ0n) is 16.2. The average Bonchev–Trinajstić information content (AvgIpc) is 3.09. The second-order valence-corrected chi connectivity index (χ2v) is 6.90. The highest BCUT2D eigenvalue weighted by atomic mass is 16.3. The van der Waals surface area contributed by atoms with E-state index in [1.165, 1.54) is 26.2 Å². The van der Waals surface area contributed by atoms with Crippen LogP contribution in [0.2, 0.25) is 0 Å². The Kier molecular flexibility index (Phi) is 8.33. The number of fused-ring (bicyclic) bond motifs is 1. The fourth-order valence-electron chi connectivity index (χ4n) is 2.94. The lowest BCUT2D eigenvalue weighted by Crippen LogP contribution is -2.52. The van der Waals surface area contributed by atoms with Crippen molar-refractivity contribution in [1.29, 1.82) is 0 Å². The summed E-state index contributed by atoms with van der Waals surface area (Å²) in [6.45, 7) is 4.19. The van der Waals surface area contributed by atoms with Crippen LogP contribution in [0.15, 0.2) is 34.7 Å². The normalized spacial score (nSPS) is 13.3. The molecule has 1 heterocycles. The molecule has 148 valence electrons. The minimum Gasteiger partial charge on any atom is -0.451 e. The lowest BCUT2D eigenvalue weighted by atomic mass is 10.1. The maximum Gasteiger partial charge on any atom is 0.287 e. The van der Waals surface area contributed by atoms with Crippen LogP contribution < -0.4 is 10.6 Å². The minimum absolute atomic E-state index is 0.116. The number of carbonyl (C=O) groups excluding carboxylic acids is 2. The van der Waals surface area contributed by atoms with E-state index in [0.717, 1.165) is 24.6 Å². The number of aliphatic hydroxyl groups is 1. The first-order valence-corrected chi connectivity index (χ1v) is 9.78. The molecule has 2 atom stereocenters. The Bertz CT molecular complexity index is 706. The monoisotopic (exact) mass is 374 g/mol. The summed E-state index contributed by atoms with van der Waals surface area (Å²) < 4.78 is 5.51. The van der Waals surface area contributed by atoms with Crippen molar-refractivity contribution in [1.82, 2.24) is 10.6 Å². The molecule has 1 aromatic heterocycles. The number of aliphatic hydroxyl groups excluding tert-OH is 1. The lowest BCUT2D eigenvalue weighted by molar-refractivity contribution is -0.125. The zero-order valence-corrected chi connectivity index (χ0v) is 16.2. The third kappa shape index (κ3) is 6.40. The van der Waals surface area contributed by atoms with Gasteiger partial charge in [-0.2, -0.15) is 0 Å². The van der Waals surface area contributed by atoms with E-state index in [-0.39, 0.29) is 11.7 Å². The molecule has 3 N–H and O–H groups in total. The van der Waals surface area contributed by atoms with Crippen molar-refractivity contribution in [3.63, 3.8) is 0 Å². The van der Waals surface area contributed by atoms with E-state index < -0.39 is 18.1 Å². The van der Waals surface area contributed by atoms with Gasteiger partial charge in [0.15, 0.2) is 5.76 Å². The molecule has 2 unspecified atom stereocenters. The predicted octanol–water partition coefficient (Wildman–Crippen LogP) is 3.39. The summed E-state index contributed by atoms with van der Waals surface area (Å²) in [7, 11) is 0. The molecule has 0 saturated heterocycles. The average molecular weight is 374 g/mol. The van der Waals surface area contributed by atoms with Gasteiger partial charge in [-0.3, -0.25) is 9.59 Å². The fraction of sp³-hybridized carbons (Fsp3) is 0.524. The third-order valence-corrected chi connectivity index (χ3v) is 4.53. The van der Waals surface area contributed by atoms with Gasteiger partial charge in [-0.25, -0.2) is 0 Å². The topological polar surface area (TPSA) is 91.6 Å². The second kappa shape index (κ2) is 10.7. The molecule has 0 radical (unpaired) electrons. The first kappa shape index (κ1) is 21.0. The number of furan rings is 1. The summed E-state index contributed by atoms with van der Waals surface area (Å²) in [5.74, 6) is -0.791. The number of benzene rings is 1. The molecular weight excluding hydrogens is 344 g/mol. The summed E-state index contributed by atoms with van der Waals surface area (Å²) in [5, 5.41) is 16.1. The van der Waals surface area contributed by atoms with Gasteiger partial charge in [0.25, 0.3) is 5.91 Å². The van der Waals surface area contributed by atoms with Crippen LogP contribution in [-0.4, -0.2) is 35.6 Å². The number of nitrogens with one attached hydrogen (secondary N) is 2. The first-order valence-electron chi connectivity index (χ1n) is 9.78. The van der Waals surface area contributed by atoms with Gasteiger partial charge in [0.2, 0.25) is 5.91 Å². The van der Waals surface area contributed by atoms with E-state index in [1.54, 1.807) is 12.1 Å². The summed E-state index contributed by atoms with van der Waals surface area (Å²) >= 11 is 0. The van der Waals surface area contributed by atoms with E-state index in [1.807, 2.05) is 18.2 Å². The van der Waals surface area contributed by atoms with Gasteiger partial charge in [-0.15, -0.1) is 0 Å². The second-order valence-electron chi connectivity index (χ2n) is 6.90. The Labute approximate surface area is 160 Å². The Morgan fingerprint density at radius 1 is 1.11 bits per heavy atom. The highest BCUT2D eigenvalue weighted by molar-refractivity contribution is 5.98. The van der Waals surface area contributed by atoms with Gasteiger partial charge in [0, 0.05) is 11.9 Å². The van der Waals surface area contributed by atoms with Gasteiger partial charge in [-0.05, 0) is 25.5 Å². The third-order valence-electron chi connectivity index (χ3n) is 4.53. The molecular formula is C21H30N2O4. The predicted molar refractivity (Wildman–Crippen MR) is 106 cm³/mol. The molecule has 0 aliphatic rings. The first-order chi connectivity index (χ1) is 13.0. The smallest absolute Gasteiger partial charge is 0.287 e. The van der Waals surface area contributed by atoms with Crippen LogP contribution in [0.4, 0.5) is 0 Å². The SMILES string of the molecule is CCCCCCCCNC(=O)C(NC(=O)c1cc2ccccc2o1)C(C)O. The number of hydrogen-bond acceptors (Lipinski definition) is 4. The van der Waals surface area contributed by atoms with Crippen LogP contribution in [0, 0.1) is 0 Å². The molecule has 0 saturated carbocycles. The summed E-state index contributed by atoms with van der Waals surface area (Å²) in [5.41, 5.74) is 0.601. The van der Waals surface area contributed by atoms with Crippen molar-refractivity contribution in [3.8, 4) is 0 Å². The Balaban J connectivity index is 1.84. The van der Waals surface area contributed by atoms with Crippen LogP contribution >= 0.6 is 0 Å². The standard InChI is InChI=1S/C21H30N2O4/c1-3-4-5-6-7-10-13-22-21(26)19(15(2)24)23-20(25)18-14-16-11-8-9-12-17(16)27-18/h8-9,11-12,14-15,19,24H,3-7,10,13H2,1-2H3,(H,22,26)(H,23,25). The van der Waals surface area contributed by atoms with Crippen molar-refractivity contribution in [2.75, 3.05) is 6.54 Å². The van der Waals surface area contributed by atoms with Gasteiger partial charge in [0.05, 0.1) is 6.10 Å². The van der Waals surface area contributed by atoms with Crippen molar-refractivity contribution < 1.29 is 19.1 Å². The largest absolute Gasteiger partial charge is 0.451 e. The molecule has 0 spiro atoms. The highest BCUT2D eigenvalue weighted by Gasteiger charge is 2.27. The highest BCUT2D eigenvalue weighted by Crippen LogP contribution is 2.18. The van der Waals surface area contributed by atoms with Gasteiger partial charge in [0.1, 0.15) is 11.6 Å². The Morgan fingerprint density at radius 2 is 1.81 bits per heavy atom.